The number of amides is 1. The number of nitrogens with zero attached hydrogens (tertiary/aromatic N) is 3. The van der Waals surface area contributed by atoms with E-state index in [-0.39, 0.29) is 17.1 Å². The van der Waals surface area contributed by atoms with Crippen molar-refractivity contribution in [2.45, 2.75) is 27.3 Å². The molecule has 174 valence electrons. The van der Waals surface area contributed by atoms with Gasteiger partial charge in [-0.3, -0.25) is 9.78 Å². The predicted molar refractivity (Wildman–Crippen MR) is 133 cm³/mol. The summed E-state index contributed by atoms with van der Waals surface area (Å²) in [5.74, 6) is -0.829. The van der Waals surface area contributed by atoms with Gasteiger partial charge in [0.2, 0.25) is 0 Å². The SMILES string of the molecule is COC(=O)C1=C(C)N(Cc2cccnc2)C(=O)/C1=C\c1cc(C)n(-c2cccc(Cl)c2Cl)c1C. The molecule has 1 amide bonds. The summed E-state index contributed by atoms with van der Waals surface area (Å²) < 4.78 is 6.98. The second-order valence-electron chi connectivity index (χ2n) is 8.00. The first-order valence-electron chi connectivity index (χ1n) is 10.6. The van der Waals surface area contributed by atoms with E-state index in [0.717, 1.165) is 28.2 Å². The molecule has 0 saturated heterocycles. The highest BCUT2D eigenvalue weighted by molar-refractivity contribution is 6.43. The monoisotopic (exact) mass is 495 g/mol. The molecule has 0 radical (unpaired) electrons. The van der Waals surface area contributed by atoms with E-state index in [1.807, 2.05) is 48.7 Å². The van der Waals surface area contributed by atoms with E-state index in [1.165, 1.54) is 7.11 Å². The number of halogens is 2. The zero-order chi connectivity index (χ0) is 24.6. The van der Waals surface area contributed by atoms with Crippen LogP contribution in [0.1, 0.15) is 29.4 Å². The molecule has 1 aliphatic rings. The molecule has 3 aromatic rings. The van der Waals surface area contributed by atoms with Crippen molar-refractivity contribution >= 4 is 41.2 Å². The molecule has 0 unspecified atom stereocenters. The van der Waals surface area contributed by atoms with Crippen LogP contribution < -0.4 is 0 Å². The van der Waals surface area contributed by atoms with Gasteiger partial charge >= 0.3 is 5.97 Å². The van der Waals surface area contributed by atoms with Crippen LogP contribution in [-0.4, -0.2) is 33.4 Å². The Bertz CT molecular complexity index is 1360. The Hall–Kier alpha value is -3.35. The Kier molecular flexibility index (Phi) is 6.64. The fourth-order valence-corrected chi connectivity index (χ4v) is 4.60. The molecule has 34 heavy (non-hydrogen) atoms. The third kappa shape index (κ3) is 4.15. The van der Waals surface area contributed by atoms with Crippen molar-refractivity contribution in [2.75, 3.05) is 7.11 Å². The van der Waals surface area contributed by atoms with Crippen LogP contribution in [-0.2, 0) is 20.9 Å². The first-order valence-corrected chi connectivity index (χ1v) is 11.4. The van der Waals surface area contributed by atoms with E-state index in [0.29, 0.717) is 22.3 Å². The number of hydrogen-bond donors (Lipinski definition) is 0. The van der Waals surface area contributed by atoms with E-state index in [4.69, 9.17) is 27.9 Å². The summed E-state index contributed by atoms with van der Waals surface area (Å²) in [5.41, 5.74) is 5.22. The highest BCUT2D eigenvalue weighted by Crippen LogP contribution is 2.35. The normalized spacial score (nSPS) is 14.9. The molecule has 0 fully saturated rings. The lowest BCUT2D eigenvalue weighted by molar-refractivity contribution is -0.136. The fourth-order valence-electron chi connectivity index (χ4n) is 4.22. The number of methoxy groups -OCH3 is 1. The van der Waals surface area contributed by atoms with E-state index in [1.54, 1.807) is 36.4 Å². The number of rotatable bonds is 5. The Morgan fingerprint density at radius 1 is 1.15 bits per heavy atom. The molecule has 0 bridgehead atoms. The smallest absolute Gasteiger partial charge is 0.340 e. The highest BCUT2D eigenvalue weighted by Gasteiger charge is 2.37. The molecular weight excluding hydrogens is 473 g/mol. The number of ether oxygens (including phenoxy) is 1. The third-order valence-electron chi connectivity index (χ3n) is 5.91. The molecule has 3 heterocycles. The van der Waals surface area contributed by atoms with E-state index in [2.05, 4.69) is 4.98 Å². The van der Waals surface area contributed by atoms with Gasteiger partial charge in [0.25, 0.3) is 5.91 Å². The highest BCUT2D eigenvalue weighted by atomic mass is 35.5. The number of allylic oxidation sites excluding steroid dienone is 1. The Morgan fingerprint density at radius 3 is 2.59 bits per heavy atom. The number of aryl methyl sites for hydroxylation is 1. The van der Waals surface area contributed by atoms with Crippen molar-refractivity contribution in [3.8, 4) is 5.69 Å². The Labute approximate surface area is 208 Å². The van der Waals surface area contributed by atoms with Gasteiger partial charge in [0, 0.05) is 29.5 Å². The largest absolute Gasteiger partial charge is 0.465 e. The number of hydrogen-bond acceptors (Lipinski definition) is 4. The summed E-state index contributed by atoms with van der Waals surface area (Å²) >= 11 is 12.7. The number of carbonyl (C=O) groups excluding carboxylic acids is 2. The van der Waals surface area contributed by atoms with E-state index < -0.39 is 5.97 Å². The summed E-state index contributed by atoms with van der Waals surface area (Å²) in [4.78, 5) is 31.8. The maximum Gasteiger partial charge on any atom is 0.340 e. The number of benzene rings is 1. The number of esters is 1. The molecule has 1 aliphatic heterocycles. The molecule has 0 saturated carbocycles. The number of aromatic nitrogens is 2. The van der Waals surface area contributed by atoms with Crippen LogP contribution in [0.3, 0.4) is 0 Å². The van der Waals surface area contributed by atoms with Crippen molar-refractivity contribution in [3.05, 3.63) is 98.2 Å². The van der Waals surface area contributed by atoms with E-state index >= 15 is 0 Å². The average Bonchev–Trinajstić information content (AvgIpc) is 3.23. The van der Waals surface area contributed by atoms with Crippen molar-refractivity contribution in [1.29, 1.82) is 0 Å². The van der Waals surface area contributed by atoms with Crippen LogP contribution in [0.25, 0.3) is 11.8 Å². The van der Waals surface area contributed by atoms with Crippen LogP contribution >= 0.6 is 23.2 Å². The first-order chi connectivity index (χ1) is 16.2. The summed E-state index contributed by atoms with van der Waals surface area (Å²) in [6.45, 7) is 5.92. The Balaban J connectivity index is 1.81. The van der Waals surface area contributed by atoms with Crippen LogP contribution in [0.5, 0.6) is 0 Å². The van der Waals surface area contributed by atoms with Gasteiger partial charge in [-0.1, -0.05) is 35.3 Å². The average molecular weight is 496 g/mol. The van der Waals surface area contributed by atoms with Gasteiger partial charge in [-0.25, -0.2) is 4.79 Å². The second kappa shape index (κ2) is 9.49. The maximum absolute atomic E-state index is 13.5. The van der Waals surface area contributed by atoms with Gasteiger partial charge in [0.1, 0.15) is 0 Å². The summed E-state index contributed by atoms with van der Waals surface area (Å²) in [5, 5.41) is 0.894. The lowest BCUT2D eigenvalue weighted by atomic mass is 10.0. The zero-order valence-electron chi connectivity index (χ0n) is 19.2. The van der Waals surface area contributed by atoms with Crippen molar-refractivity contribution in [2.24, 2.45) is 0 Å². The van der Waals surface area contributed by atoms with Gasteiger partial charge in [-0.15, -0.1) is 0 Å². The molecule has 0 atom stereocenters. The minimum absolute atomic E-state index is 0.252. The first kappa shape index (κ1) is 23.8. The van der Waals surface area contributed by atoms with E-state index in [9.17, 15) is 9.59 Å². The zero-order valence-corrected chi connectivity index (χ0v) is 20.7. The minimum atomic E-state index is -0.558. The van der Waals surface area contributed by atoms with Crippen LogP contribution in [0, 0.1) is 13.8 Å². The molecule has 0 spiro atoms. The summed E-state index contributed by atoms with van der Waals surface area (Å²) in [7, 11) is 1.31. The molecule has 0 N–H and O–H groups in total. The maximum atomic E-state index is 13.5. The van der Waals surface area contributed by atoms with Gasteiger partial charge in [0.15, 0.2) is 0 Å². The Morgan fingerprint density at radius 2 is 1.91 bits per heavy atom. The van der Waals surface area contributed by atoms with Crippen LogP contribution in [0.4, 0.5) is 0 Å². The van der Waals surface area contributed by atoms with Crippen LogP contribution in [0.2, 0.25) is 10.0 Å². The fraction of sp³-hybridized carbons (Fsp3) is 0.192. The van der Waals surface area contributed by atoms with Gasteiger partial charge in [-0.05, 0) is 62.2 Å². The molecule has 4 rings (SSSR count). The predicted octanol–water partition coefficient (Wildman–Crippen LogP) is 5.67. The molecular formula is C26H23Cl2N3O3. The number of pyridine rings is 1. The molecule has 8 heteroatoms. The quantitative estimate of drug-likeness (QED) is 0.337. The topological polar surface area (TPSA) is 64.4 Å². The lowest BCUT2D eigenvalue weighted by Crippen LogP contribution is -2.24. The van der Waals surface area contributed by atoms with Gasteiger partial charge in [-0.2, -0.15) is 0 Å². The second-order valence-corrected chi connectivity index (χ2v) is 8.78. The minimum Gasteiger partial charge on any atom is -0.465 e. The lowest BCUT2D eigenvalue weighted by Gasteiger charge is -2.17. The standard InChI is InChI=1S/C26H23Cl2N3O3/c1-15-11-19(16(2)31(15)22-9-5-8-21(27)24(22)28)12-20-23(26(33)34-4)17(3)30(25(20)32)14-18-7-6-10-29-13-18/h5-13H,14H2,1-4H3/b20-12-. The van der Waals surface area contributed by atoms with Crippen LogP contribution in [0.15, 0.2) is 65.6 Å². The molecule has 0 aliphatic carbocycles. The summed E-state index contributed by atoms with van der Waals surface area (Å²) in [6, 6.07) is 11.1. The molecule has 1 aromatic carbocycles. The van der Waals surface area contributed by atoms with Crippen molar-refractivity contribution in [3.63, 3.8) is 0 Å². The molecule has 2 aromatic heterocycles. The van der Waals surface area contributed by atoms with Crippen molar-refractivity contribution in [1.82, 2.24) is 14.5 Å². The summed E-state index contributed by atoms with van der Waals surface area (Å²) in [6.07, 6.45) is 5.10. The van der Waals surface area contributed by atoms with Gasteiger partial charge < -0.3 is 14.2 Å². The number of carbonyl (C=O) groups is 2. The van der Waals surface area contributed by atoms with Crippen molar-refractivity contribution < 1.29 is 14.3 Å². The van der Waals surface area contributed by atoms with Gasteiger partial charge in [0.05, 0.1) is 40.5 Å². The molecule has 6 nitrogen and oxygen atoms in total. The third-order valence-corrected chi connectivity index (χ3v) is 6.72.